The number of aromatic nitrogens is 2. The maximum absolute atomic E-state index is 12.8. The van der Waals surface area contributed by atoms with Gasteiger partial charge in [-0.3, -0.25) is 4.79 Å². The van der Waals surface area contributed by atoms with Gasteiger partial charge in [0.1, 0.15) is 6.04 Å². The highest BCUT2D eigenvalue weighted by atomic mass is 32.1. The minimum Gasteiger partial charge on any atom is -0.480 e. The molecule has 4 aromatic rings. The molecule has 218 valence electrons. The Morgan fingerprint density at radius 3 is 2.07 bits per heavy atom. The second kappa shape index (κ2) is 12.6. The minimum absolute atomic E-state index is 0.0694. The Kier molecular flexibility index (Phi) is 8.88. The summed E-state index contributed by atoms with van der Waals surface area (Å²) in [4.78, 5) is 35.5. The molecular weight excluding hydrogens is 542 g/mol. The average Bonchev–Trinajstić information content (AvgIpc) is 3.50. The van der Waals surface area contributed by atoms with Gasteiger partial charge in [-0.05, 0) is 58.9 Å². The van der Waals surface area contributed by atoms with Crippen LogP contribution in [0.4, 0.5) is 0 Å². The van der Waals surface area contributed by atoms with Gasteiger partial charge in [-0.2, -0.15) is 0 Å². The van der Waals surface area contributed by atoms with E-state index >= 15 is 0 Å². The number of amides is 1. The van der Waals surface area contributed by atoms with Crippen molar-refractivity contribution < 1.29 is 14.7 Å². The molecule has 0 saturated heterocycles. The van der Waals surface area contributed by atoms with Crippen molar-refractivity contribution >= 4 is 23.2 Å². The van der Waals surface area contributed by atoms with Crippen LogP contribution in [0.25, 0.3) is 22.5 Å². The molecule has 0 unspecified atom stereocenters. The van der Waals surface area contributed by atoms with Gasteiger partial charge in [-0.15, -0.1) is 11.3 Å². The van der Waals surface area contributed by atoms with Gasteiger partial charge >= 0.3 is 5.97 Å². The zero-order chi connectivity index (χ0) is 29.9. The summed E-state index contributed by atoms with van der Waals surface area (Å²) in [5, 5.41) is 12.5. The summed E-state index contributed by atoms with van der Waals surface area (Å²) < 4.78 is 0. The van der Waals surface area contributed by atoms with Crippen molar-refractivity contribution in [1.82, 2.24) is 15.3 Å². The van der Waals surface area contributed by atoms with Crippen molar-refractivity contribution in [1.29, 1.82) is 0 Å². The summed E-state index contributed by atoms with van der Waals surface area (Å²) >= 11 is 1.39. The first-order chi connectivity index (χ1) is 20.1. The van der Waals surface area contributed by atoms with Crippen LogP contribution in [-0.4, -0.2) is 33.0 Å². The van der Waals surface area contributed by atoms with Crippen LogP contribution < -0.4 is 5.32 Å². The zero-order valence-corrected chi connectivity index (χ0v) is 25.6. The minimum atomic E-state index is -1.07. The molecule has 1 aliphatic carbocycles. The van der Waals surface area contributed by atoms with E-state index in [9.17, 15) is 14.7 Å². The summed E-state index contributed by atoms with van der Waals surface area (Å²) in [6.07, 6.45) is 9.04. The Balaban J connectivity index is 1.20. The Hall–Kier alpha value is -3.84. The standard InChI is InChI=1S/C35H39N3O3S/c1-22-5-9-24(10-6-22)25-13-15-26(16-14-25)28-20-36-32(37-21-28)27-11-7-23(8-12-27)19-29(34(40)41)38-33(39)30-17-18-31(42-30)35(2,3)4/h7-8,11-18,20-22,24,29H,5-6,9-10,19H2,1-4H3,(H,38,39)(H,40,41)/t22-,24-,29-/m0/s1. The quantitative estimate of drug-likeness (QED) is 0.221. The maximum Gasteiger partial charge on any atom is 0.326 e. The highest BCUT2D eigenvalue weighted by Crippen LogP contribution is 2.36. The van der Waals surface area contributed by atoms with E-state index in [1.165, 1.54) is 42.6 Å². The number of rotatable bonds is 8. The molecule has 1 fully saturated rings. The number of carbonyl (C=O) groups is 2. The van der Waals surface area contributed by atoms with E-state index in [4.69, 9.17) is 0 Å². The van der Waals surface area contributed by atoms with E-state index in [0.29, 0.717) is 16.6 Å². The molecule has 5 rings (SSSR count). The Labute approximate surface area is 252 Å². The topological polar surface area (TPSA) is 92.2 Å². The molecule has 1 atom stereocenters. The number of thiophene rings is 1. The van der Waals surface area contributed by atoms with E-state index in [0.717, 1.165) is 33.0 Å². The van der Waals surface area contributed by atoms with Gasteiger partial charge in [0.15, 0.2) is 5.82 Å². The highest BCUT2D eigenvalue weighted by Gasteiger charge is 2.24. The molecule has 2 aromatic heterocycles. The molecule has 1 aliphatic rings. The lowest BCUT2D eigenvalue weighted by atomic mass is 9.79. The number of carbonyl (C=O) groups excluding carboxylic acids is 1. The summed E-state index contributed by atoms with van der Waals surface area (Å²) in [5.74, 6) is 0.683. The van der Waals surface area contributed by atoms with Crippen LogP contribution in [0.3, 0.4) is 0 Å². The van der Waals surface area contributed by atoms with E-state index in [1.54, 1.807) is 6.07 Å². The average molecular weight is 582 g/mol. The first kappa shape index (κ1) is 29.6. The van der Waals surface area contributed by atoms with Crippen molar-refractivity contribution in [3.8, 4) is 22.5 Å². The molecule has 1 amide bonds. The molecule has 0 radical (unpaired) electrons. The fourth-order valence-electron chi connectivity index (χ4n) is 5.49. The largest absolute Gasteiger partial charge is 0.480 e. The molecule has 2 N–H and O–H groups in total. The number of nitrogens with zero attached hydrogens (tertiary/aromatic N) is 2. The first-order valence-corrected chi connectivity index (χ1v) is 15.5. The van der Waals surface area contributed by atoms with Crippen LogP contribution in [0, 0.1) is 5.92 Å². The van der Waals surface area contributed by atoms with E-state index in [1.807, 2.05) is 42.7 Å². The van der Waals surface area contributed by atoms with Gasteiger partial charge in [0.2, 0.25) is 0 Å². The van der Waals surface area contributed by atoms with Crippen molar-refractivity contribution in [2.45, 2.75) is 77.2 Å². The SMILES string of the molecule is CC(C)(C)c1ccc(C(=O)N[C@@H](Cc2ccc(-c3ncc(-c4ccc([C@H]5CC[C@H](C)CC5)cc4)cn3)cc2)C(=O)O)s1. The van der Waals surface area contributed by atoms with E-state index < -0.39 is 12.0 Å². The van der Waals surface area contributed by atoms with Crippen LogP contribution in [0.15, 0.2) is 73.1 Å². The number of carboxylic acids is 1. The van der Waals surface area contributed by atoms with E-state index in [-0.39, 0.29) is 17.7 Å². The third-order valence-corrected chi connectivity index (χ3v) is 9.72. The third-order valence-electron chi connectivity index (χ3n) is 8.21. The smallest absolute Gasteiger partial charge is 0.326 e. The first-order valence-electron chi connectivity index (χ1n) is 14.7. The molecule has 42 heavy (non-hydrogen) atoms. The fraction of sp³-hybridized carbons (Fsp3) is 0.371. The van der Waals surface area contributed by atoms with Crippen LogP contribution in [0.1, 0.15) is 85.0 Å². The molecular formula is C35H39N3O3S. The van der Waals surface area contributed by atoms with Crippen LogP contribution in [-0.2, 0) is 16.6 Å². The fourth-order valence-corrected chi connectivity index (χ4v) is 6.45. The second-order valence-corrected chi connectivity index (χ2v) is 13.6. The molecule has 0 aliphatic heterocycles. The van der Waals surface area contributed by atoms with E-state index in [2.05, 4.69) is 67.2 Å². The molecule has 0 spiro atoms. The molecule has 1 saturated carbocycles. The number of benzene rings is 2. The number of hydrogen-bond donors (Lipinski definition) is 2. The number of aliphatic carboxylic acids is 1. The Morgan fingerprint density at radius 2 is 1.50 bits per heavy atom. The summed E-state index contributed by atoms with van der Waals surface area (Å²) in [7, 11) is 0. The predicted octanol–water partition coefficient (Wildman–Crippen LogP) is 7.89. The summed E-state index contributed by atoms with van der Waals surface area (Å²) in [6.45, 7) is 8.60. The number of carboxylic acid groups (broad SMARTS) is 1. The molecule has 7 heteroatoms. The molecule has 6 nitrogen and oxygen atoms in total. The van der Waals surface area contributed by atoms with Gasteiger partial charge in [-0.1, -0.05) is 89.1 Å². The lowest BCUT2D eigenvalue weighted by molar-refractivity contribution is -0.139. The van der Waals surface area contributed by atoms with Crippen molar-refractivity contribution in [2.24, 2.45) is 5.92 Å². The van der Waals surface area contributed by atoms with Crippen LogP contribution in [0.2, 0.25) is 0 Å². The lowest BCUT2D eigenvalue weighted by Crippen LogP contribution is -2.42. The van der Waals surface area contributed by atoms with Crippen molar-refractivity contribution in [2.75, 3.05) is 0 Å². The maximum atomic E-state index is 12.8. The van der Waals surface area contributed by atoms with Crippen molar-refractivity contribution in [3.05, 3.63) is 93.9 Å². The van der Waals surface area contributed by atoms with Gasteiger partial charge in [-0.25, -0.2) is 14.8 Å². The van der Waals surface area contributed by atoms with Gasteiger partial charge < -0.3 is 10.4 Å². The summed E-state index contributed by atoms with van der Waals surface area (Å²) in [6, 6.07) is 19.0. The Bertz CT molecular complexity index is 1510. The van der Waals surface area contributed by atoms with Gasteiger partial charge in [0.25, 0.3) is 5.91 Å². The lowest BCUT2D eigenvalue weighted by Gasteiger charge is -2.26. The monoisotopic (exact) mass is 581 g/mol. The van der Waals surface area contributed by atoms with Crippen LogP contribution in [0.5, 0.6) is 0 Å². The molecule has 2 heterocycles. The third kappa shape index (κ3) is 7.13. The van der Waals surface area contributed by atoms with Gasteiger partial charge in [0, 0.05) is 34.8 Å². The second-order valence-electron chi connectivity index (χ2n) is 12.6. The Morgan fingerprint density at radius 1 is 0.881 bits per heavy atom. The molecule has 2 aromatic carbocycles. The highest BCUT2D eigenvalue weighted by molar-refractivity contribution is 7.14. The summed E-state index contributed by atoms with van der Waals surface area (Å²) in [5.41, 5.74) is 5.08. The normalized spacial score (nSPS) is 17.9. The van der Waals surface area contributed by atoms with Crippen LogP contribution >= 0.6 is 11.3 Å². The van der Waals surface area contributed by atoms with Crippen molar-refractivity contribution in [3.63, 3.8) is 0 Å². The molecule has 0 bridgehead atoms. The zero-order valence-electron chi connectivity index (χ0n) is 24.8. The van der Waals surface area contributed by atoms with Gasteiger partial charge in [0.05, 0.1) is 4.88 Å². The number of nitrogens with one attached hydrogen (secondary N) is 1. The predicted molar refractivity (Wildman–Crippen MR) is 169 cm³/mol. The number of hydrogen-bond acceptors (Lipinski definition) is 5.